The van der Waals surface area contributed by atoms with Gasteiger partial charge in [-0.2, -0.15) is 17.5 Å². The molecule has 1 aromatic rings. The molecule has 0 spiro atoms. The summed E-state index contributed by atoms with van der Waals surface area (Å²) >= 11 is 0. The molecule has 0 aliphatic carbocycles. The zero-order valence-corrected chi connectivity index (χ0v) is 13.6. The van der Waals surface area contributed by atoms with Gasteiger partial charge >= 0.3 is 6.18 Å². The lowest BCUT2D eigenvalue weighted by Gasteiger charge is -2.36. The third kappa shape index (κ3) is 3.44. The maximum Gasteiger partial charge on any atom is 0.416 e. The van der Waals surface area contributed by atoms with Crippen molar-refractivity contribution in [3.63, 3.8) is 0 Å². The van der Waals surface area contributed by atoms with Crippen LogP contribution in [0.1, 0.15) is 24.8 Å². The minimum atomic E-state index is -4.59. The molecule has 2 aliphatic rings. The summed E-state index contributed by atoms with van der Waals surface area (Å²) in [7, 11) is -4.06. The Morgan fingerprint density at radius 1 is 1.12 bits per heavy atom. The summed E-state index contributed by atoms with van der Waals surface area (Å²) in [5.74, 6) is 0. The first kappa shape index (κ1) is 17.7. The summed E-state index contributed by atoms with van der Waals surface area (Å²) in [5.41, 5.74) is -0.981. The molecule has 134 valence electrons. The highest BCUT2D eigenvalue weighted by atomic mass is 32.2. The fraction of sp³-hybridized carbons (Fsp3) is 0.600. The van der Waals surface area contributed by atoms with Crippen LogP contribution in [0.15, 0.2) is 29.2 Å². The molecule has 0 N–H and O–H groups in total. The van der Waals surface area contributed by atoms with Crippen LogP contribution in [0, 0.1) is 0 Å². The average molecular weight is 365 g/mol. The van der Waals surface area contributed by atoms with E-state index in [2.05, 4.69) is 0 Å². The number of hydrogen-bond acceptors (Lipinski definition) is 4. The van der Waals surface area contributed by atoms with Gasteiger partial charge in [-0.15, -0.1) is 0 Å². The number of rotatable bonds is 3. The molecule has 0 aromatic heterocycles. The number of nitrogens with zero attached hydrogens (tertiary/aromatic N) is 1. The molecular weight excluding hydrogens is 347 g/mol. The van der Waals surface area contributed by atoms with Crippen LogP contribution in [0.4, 0.5) is 13.2 Å². The van der Waals surface area contributed by atoms with Crippen LogP contribution in [-0.4, -0.2) is 44.8 Å². The van der Waals surface area contributed by atoms with E-state index in [-0.39, 0.29) is 11.4 Å². The Morgan fingerprint density at radius 2 is 1.83 bits per heavy atom. The third-order valence-corrected chi connectivity index (χ3v) is 6.15. The topological polar surface area (TPSA) is 55.8 Å². The molecular formula is C15H18F3NO4S. The number of halogens is 3. The molecule has 1 aromatic carbocycles. The zero-order valence-electron chi connectivity index (χ0n) is 12.8. The number of piperidine rings is 1. The number of alkyl halides is 3. The SMILES string of the molecule is O=S(=O)(c1cccc(C(F)(F)F)c1)N1CCCC[C@H]1C1OCCO1. The molecule has 1 atom stereocenters. The smallest absolute Gasteiger partial charge is 0.349 e. The lowest BCUT2D eigenvalue weighted by atomic mass is 10.0. The second-order valence-electron chi connectivity index (χ2n) is 5.81. The Morgan fingerprint density at radius 3 is 2.50 bits per heavy atom. The van der Waals surface area contributed by atoms with Gasteiger partial charge in [-0.3, -0.25) is 0 Å². The van der Waals surface area contributed by atoms with E-state index in [1.165, 1.54) is 10.4 Å². The normalized spacial score (nSPS) is 24.4. The fourth-order valence-corrected chi connectivity index (χ4v) is 4.80. The van der Waals surface area contributed by atoms with E-state index in [0.29, 0.717) is 32.1 Å². The molecule has 24 heavy (non-hydrogen) atoms. The Balaban J connectivity index is 1.93. The standard InChI is InChI=1S/C15H18F3NO4S/c16-15(17,18)11-4-3-5-12(10-11)24(20,21)19-7-2-1-6-13(19)14-22-8-9-23-14/h3-5,10,13-14H,1-2,6-9H2/t13-/m0/s1. The minimum absolute atomic E-state index is 0.243. The Kier molecular flexibility index (Phi) is 4.87. The Labute approximate surface area is 138 Å². The van der Waals surface area contributed by atoms with Crippen molar-refractivity contribution in [2.24, 2.45) is 0 Å². The number of benzene rings is 1. The minimum Gasteiger partial charge on any atom is -0.349 e. The predicted molar refractivity (Wildman–Crippen MR) is 78.7 cm³/mol. The number of sulfonamides is 1. The summed E-state index contributed by atoms with van der Waals surface area (Å²) in [6, 6.07) is 3.32. The van der Waals surface area contributed by atoms with Crippen molar-refractivity contribution in [2.75, 3.05) is 19.8 Å². The van der Waals surface area contributed by atoms with Crippen molar-refractivity contribution >= 4 is 10.0 Å². The van der Waals surface area contributed by atoms with E-state index in [9.17, 15) is 21.6 Å². The van der Waals surface area contributed by atoms with E-state index in [4.69, 9.17) is 9.47 Å². The summed E-state index contributed by atoms with van der Waals surface area (Å²) in [4.78, 5) is -0.359. The Hall–Kier alpha value is -1.16. The maximum absolute atomic E-state index is 12.9. The average Bonchev–Trinajstić information content (AvgIpc) is 3.08. The van der Waals surface area contributed by atoms with Gasteiger partial charge in [0.25, 0.3) is 0 Å². The van der Waals surface area contributed by atoms with Crippen molar-refractivity contribution in [3.05, 3.63) is 29.8 Å². The van der Waals surface area contributed by atoms with Crippen molar-refractivity contribution in [1.29, 1.82) is 0 Å². The van der Waals surface area contributed by atoms with Gasteiger partial charge in [0.05, 0.1) is 29.7 Å². The van der Waals surface area contributed by atoms with Gasteiger partial charge in [0.15, 0.2) is 6.29 Å². The van der Waals surface area contributed by atoms with E-state index >= 15 is 0 Å². The first-order valence-electron chi connectivity index (χ1n) is 7.72. The van der Waals surface area contributed by atoms with E-state index in [1.807, 2.05) is 0 Å². The van der Waals surface area contributed by atoms with Gasteiger partial charge < -0.3 is 9.47 Å². The van der Waals surface area contributed by atoms with Crippen LogP contribution < -0.4 is 0 Å². The molecule has 2 saturated heterocycles. The van der Waals surface area contributed by atoms with Gasteiger partial charge in [-0.05, 0) is 31.0 Å². The molecule has 0 radical (unpaired) electrons. The summed E-state index contributed by atoms with van der Waals surface area (Å²) in [6.45, 7) is 1.02. The predicted octanol–water partition coefficient (Wildman–Crippen LogP) is 2.62. The maximum atomic E-state index is 12.9. The van der Waals surface area contributed by atoms with Crippen LogP contribution in [0.3, 0.4) is 0 Å². The second kappa shape index (κ2) is 6.62. The quantitative estimate of drug-likeness (QED) is 0.826. The Bertz CT molecular complexity index is 686. The molecule has 2 heterocycles. The van der Waals surface area contributed by atoms with Crippen LogP contribution in [0.5, 0.6) is 0 Å². The fourth-order valence-electron chi connectivity index (χ4n) is 3.07. The summed E-state index contributed by atoms with van der Waals surface area (Å²) in [5, 5.41) is 0. The van der Waals surface area contributed by atoms with Gasteiger partial charge in [-0.25, -0.2) is 8.42 Å². The van der Waals surface area contributed by atoms with Crippen molar-refractivity contribution in [1.82, 2.24) is 4.31 Å². The van der Waals surface area contributed by atoms with Crippen LogP contribution in [0.25, 0.3) is 0 Å². The molecule has 9 heteroatoms. The highest BCUT2D eigenvalue weighted by Gasteiger charge is 2.41. The largest absolute Gasteiger partial charge is 0.416 e. The van der Waals surface area contributed by atoms with E-state index in [0.717, 1.165) is 18.6 Å². The highest BCUT2D eigenvalue weighted by molar-refractivity contribution is 7.89. The van der Waals surface area contributed by atoms with Gasteiger partial charge in [0.1, 0.15) is 0 Å². The van der Waals surface area contributed by atoms with Crippen molar-refractivity contribution in [3.8, 4) is 0 Å². The van der Waals surface area contributed by atoms with Crippen molar-refractivity contribution in [2.45, 2.75) is 42.7 Å². The second-order valence-corrected chi connectivity index (χ2v) is 7.71. The molecule has 3 rings (SSSR count). The van der Waals surface area contributed by atoms with Crippen LogP contribution >= 0.6 is 0 Å². The molecule has 0 bridgehead atoms. The monoisotopic (exact) mass is 365 g/mol. The lowest BCUT2D eigenvalue weighted by molar-refractivity contribution is -0.137. The summed E-state index contributed by atoms with van der Waals surface area (Å²) in [6.07, 6.45) is -3.22. The molecule has 2 aliphatic heterocycles. The molecule has 5 nitrogen and oxygen atoms in total. The summed E-state index contributed by atoms with van der Waals surface area (Å²) < 4.78 is 76.4. The molecule has 0 amide bonds. The highest BCUT2D eigenvalue weighted by Crippen LogP contribution is 2.33. The van der Waals surface area contributed by atoms with Crippen LogP contribution in [-0.2, 0) is 25.7 Å². The zero-order chi connectivity index (χ0) is 17.4. The van der Waals surface area contributed by atoms with Crippen LogP contribution in [0.2, 0.25) is 0 Å². The number of hydrogen-bond donors (Lipinski definition) is 0. The van der Waals surface area contributed by atoms with Gasteiger partial charge in [0, 0.05) is 6.54 Å². The van der Waals surface area contributed by atoms with E-state index < -0.39 is 34.1 Å². The van der Waals surface area contributed by atoms with Crippen molar-refractivity contribution < 1.29 is 31.1 Å². The first-order valence-corrected chi connectivity index (χ1v) is 9.16. The van der Waals surface area contributed by atoms with Gasteiger partial charge in [0.2, 0.25) is 10.0 Å². The molecule has 0 saturated carbocycles. The first-order chi connectivity index (χ1) is 11.3. The lowest BCUT2D eigenvalue weighted by Crippen LogP contribution is -2.50. The molecule has 0 unspecified atom stereocenters. The molecule has 2 fully saturated rings. The third-order valence-electron chi connectivity index (χ3n) is 4.23. The van der Waals surface area contributed by atoms with Gasteiger partial charge in [-0.1, -0.05) is 12.5 Å². The number of ether oxygens (including phenoxy) is 2. The van der Waals surface area contributed by atoms with E-state index in [1.54, 1.807) is 0 Å².